The molecule has 0 aliphatic rings. The summed E-state index contributed by atoms with van der Waals surface area (Å²) in [5.74, 6) is 0.494. The second-order valence-electron chi connectivity index (χ2n) is 6.08. The Morgan fingerprint density at radius 1 is 1.04 bits per heavy atom. The Morgan fingerprint density at radius 2 is 1.77 bits per heavy atom. The molecule has 26 heavy (non-hydrogen) atoms. The molecule has 5 nitrogen and oxygen atoms in total. The van der Waals surface area contributed by atoms with Crippen LogP contribution in [0.1, 0.15) is 28.5 Å². The van der Waals surface area contributed by atoms with Crippen molar-refractivity contribution in [1.82, 2.24) is 9.97 Å². The lowest BCUT2D eigenvalue weighted by Crippen LogP contribution is -2.24. The third-order valence-corrected chi connectivity index (χ3v) is 4.12. The molecule has 3 aromatic rings. The van der Waals surface area contributed by atoms with Crippen LogP contribution in [0, 0.1) is 6.92 Å². The summed E-state index contributed by atoms with van der Waals surface area (Å²) in [6.45, 7) is 5.59. The summed E-state index contributed by atoms with van der Waals surface area (Å²) in [6, 6.07) is 19.6. The van der Waals surface area contributed by atoms with Crippen LogP contribution >= 0.6 is 0 Å². The Labute approximate surface area is 153 Å². The van der Waals surface area contributed by atoms with Gasteiger partial charge in [0.25, 0.3) is 5.91 Å². The molecule has 1 N–H and O–H groups in total. The SMILES string of the molecule is CCN(Cc1ccccc1)c1cc(C(=O)Nc2ccc(C)cc2)ncn1. The van der Waals surface area contributed by atoms with Gasteiger partial charge in [-0.1, -0.05) is 48.0 Å². The van der Waals surface area contributed by atoms with Crippen LogP contribution in [0.2, 0.25) is 0 Å². The number of amides is 1. The summed E-state index contributed by atoms with van der Waals surface area (Å²) in [5.41, 5.74) is 3.44. The predicted octanol–water partition coefficient (Wildman–Crippen LogP) is 4.06. The molecule has 0 radical (unpaired) electrons. The maximum Gasteiger partial charge on any atom is 0.274 e. The minimum absolute atomic E-state index is 0.242. The zero-order valence-corrected chi connectivity index (χ0v) is 15.0. The number of hydrogen-bond acceptors (Lipinski definition) is 4. The third-order valence-electron chi connectivity index (χ3n) is 4.12. The average Bonchev–Trinajstić information content (AvgIpc) is 2.69. The van der Waals surface area contributed by atoms with E-state index in [0.29, 0.717) is 5.69 Å². The van der Waals surface area contributed by atoms with Gasteiger partial charge in [0.15, 0.2) is 0 Å². The molecular formula is C21H22N4O. The van der Waals surface area contributed by atoms with Crippen molar-refractivity contribution in [2.45, 2.75) is 20.4 Å². The van der Waals surface area contributed by atoms with Crippen molar-refractivity contribution in [3.05, 3.63) is 83.8 Å². The molecule has 2 aromatic carbocycles. The Bertz CT molecular complexity index is 863. The van der Waals surface area contributed by atoms with Crippen LogP contribution in [0.4, 0.5) is 11.5 Å². The van der Waals surface area contributed by atoms with E-state index >= 15 is 0 Å². The Morgan fingerprint density at radius 3 is 2.46 bits per heavy atom. The summed E-state index contributed by atoms with van der Waals surface area (Å²) in [5, 5.41) is 2.87. The average molecular weight is 346 g/mol. The molecule has 1 aromatic heterocycles. The molecule has 132 valence electrons. The number of nitrogens with zero attached hydrogens (tertiary/aromatic N) is 3. The van der Waals surface area contributed by atoms with Gasteiger partial charge in [-0.25, -0.2) is 9.97 Å². The lowest BCUT2D eigenvalue weighted by Gasteiger charge is -2.22. The first-order valence-electron chi connectivity index (χ1n) is 8.64. The van der Waals surface area contributed by atoms with Gasteiger partial charge < -0.3 is 10.2 Å². The van der Waals surface area contributed by atoms with Crippen LogP contribution in [-0.4, -0.2) is 22.4 Å². The molecule has 0 unspecified atom stereocenters. The highest BCUT2D eigenvalue weighted by atomic mass is 16.1. The van der Waals surface area contributed by atoms with Gasteiger partial charge in [0.05, 0.1) is 0 Å². The Hall–Kier alpha value is -3.21. The molecule has 5 heteroatoms. The van der Waals surface area contributed by atoms with Gasteiger partial charge in [-0.2, -0.15) is 0 Å². The van der Waals surface area contributed by atoms with E-state index in [1.807, 2.05) is 49.4 Å². The summed E-state index contributed by atoms with van der Waals surface area (Å²) < 4.78 is 0. The quantitative estimate of drug-likeness (QED) is 0.731. The van der Waals surface area contributed by atoms with E-state index < -0.39 is 0 Å². The summed E-state index contributed by atoms with van der Waals surface area (Å²) in [7, 11) is 0. The van der Waals surface area contributed by atoms with Crippen LogP contribution in [-0.2, 0) is 6.54 Å². The molecule has 0 atom stereocenters. The molecule has 0 aliphatic heterocycles. The fraction of sp³-hybridized carbons (Fsp3) is 0.190. The van der Waals surface area contributed by atoms with Crippen molar-refractivity contribution in [3.63, 3.8) is 0 Å². The second-order valence-corrected chi connectivity index (χ2v) is 6.08. The molecule has 0 spiro atoms. The first kappa shape index (κ1) is 17.6. The number of anilines is 2. The molecule has 1 amide bonds. The zero-order chi connectivity index (χ0) is 18.4. The van der Waals surface area contributed by atoms with Gasteiger partial charge in [0.2, 0.25) is 0 Å². The molecule has 0 fully saturated rings. The van der Waals surface area contributed by atoms with Crippen LogP contribution in [0.5, 0.6) is 0 Å². The van der Waals surface area contributed by atoms with Crippen LogP contribution < -0.4 is 10.2 Å². The van der Waals surface area contributed by atoms with Gasteiger partial charge >= 0.3 is 0 Å². The summed E-state index contributed by atoms with van der Waals surface area (Å²) in [4.78, 5) is 23.1. The third kappa shape index (κ3) is 4.45. The van der Waals surface area contributed by atoms with E-state index in [-0.39, 0.29) is 5.91 Å². The van der Waals surface area contributed by atoms with Crippen LogP contribution in [0.25, 0.3) is 0 Å². The maximum atomic E-state index is 12.5. The summed E-state index contributed by atoms with van der Waals surface area (Å²) >= 11 is 0. The van der Waals surface area contributed by atoms with Crippen molar-refractivity contribution in [1.29, 1.82) is 0 Å². The normalized spacial score (nSPS) is 10.4. The zero-order valence-electron chi connectivity index (χ0n) is 15.0. The molecule has 3 rings (SSSR count). The largest absolute Gasteiger partial charge is 0.352 e. The van der Waals surface area contributed by atoms with E-state index in [4.69, 9.17) is 0 Å². The van der Waals surface area contributed by atoms with Gasteiger partial charge in [-0.3, -0.25) is 4.79 Å². The smallest absolute Gasteiger partial charge is 0.274 e. The fourth-order valence-electron chi connectivity index (χ4n) is 2.63. The van der Waals surface area contributed by atoms with Crippen LogP contribution in [0.3, 0.4) is 0 Å². The number of carbonyl (C=O) groups excluding carboxylic acids is 1. The number of aromatic nitrogens is 2. The monoisotopic (exact) mass is 346 g/mol. The van der Waals surface area contributed by atoms with E-state index in [2.05, 4.69) is 39.2 Å². The summed E-state index contributed by atoms with van der Waals surface area (Å²) in [6.07, 6.45) is 1.44. The number of rotatable bonds is 6. The molecule has 1 heterocycles. The lowest BCUT2D eigenvalue weighted by atomic mass is 10.2. The topological polar surface area (TPSA) is 58.1 Å². The van der Waals surface area contributed by atoms with E-state index in [1.54, 1.807) is 6.07 Å². The van der Waals surface area contributed by atoms with Crippen molar-refractivity contribution >= 4 is 17.4 Å². The Balaban J connectivity index is 1.75. The van der Waals surface area contributed by atoms with Crippen molar-refractivity contribution < 1.29 is 4.79 Å². The van der Waals surface area contributed by atoms with E-state index in [0.717, 1.165) is 30.2 Å². The van der Waals surface area contributed by atoms with Gasteiger partial charge in [0, 0.05) is 24.8 Å². The highest BCUT2D eigenvalue weighted by molar-refractivity contribution is 6.03. The number of carbonyl (C=O) groups is 1. The fourth-order valence-corrected chi connectivity index (χ4v) is 2.63. The molecule has 0 aliphatic carbocycles. The molecule has 0 bridgehead atoms. The number of nitrogens with one attached hydrogen (secondary N) is 1. The first-order valence-corrected chi connectivity index (χ1v) is 8.64. The number of benzene rings is 2. The second kappa shape index (κ2) is 8.25. The number of hydrogen-bond donors (Lipinski definition) is 1. The van der Waals surface area contributed by atoms with Gasteiger partial charge in [-0.15, -0.1) is 0 Å². The lowest BCUT2D eigenvalue weighted by molar-refractivity contribution is 0.102. The van der Waals surface area contributed by atoms with Crippen molar-refractivity contribution in [3.8, 4) is 0 Å². The van der Waals surface area contributed by atoms with Crippen molar-refractivity contribution in [2.75, 3.05) is 16.8 Å². The Kier molecular flexibility index (Phi) is 5.59. The standard InChI is InChI=1S/C21H22N4O/c1-3-25(14-17-7-5-4-6-8-17)20-13-19(22-15-23-20)21(26)24-18-11-9-16(2)10-12-18/h4-13,15H,3,14H2,1-2H3,(H,24,26). The predicted molar refractivity (Wildman–Crippen MR) is 104 cm³/mol. The number of aryl methyl sites for hydroxylation is 1. The molecule has 0 saturated carbocycles. The molecular weight excluding hydrogens is 324 g/mol. The molecule has 0 saturated heterocycles. The maximum absolute atomic E-state index is 12.5. The van der Waals surface area contributed by atoms with Crippen molar-refractivity contribution in [2.24, 2.45) is 0 Å². The van der Waals surface area contributed by atoms with E-state index in [9.17, 15) is 4.79 Å². The van der Waals surface area contributed by atoms with Gasteiger partial charge in [0.1, 0.15) is 17.8 Å². The van der Waals surface area contributed by atoms with Crippen LogP contribution in [0.15, 0.2) is 67.0 Å². The minimum atomic E-state index is -0.242. The van der Waals surface area contributed by atoms with Gasteiger partial charge in [-0.05, 0) is 31.5 Å². The highest BCUT2D eigenvalue weighted by Crippen LogP contribution is 2.16. The highest BCUT2D eigenvalue weighted by Gasteiger charge is 2.13. The minimum Gasteiger partial charge on any atom is -0.352 e. The van der Waals surface area contributed by atoms with E-state index in [1.165, 1.54) is 11.9 Å². The first-order chi connectivity index (χ1) is 12.7.